The fourth-order valence-electron chi connectivity index (χ4n) is 0.764. The highest BCUT2D eigenvalue weighted by Crippen LogP contribution is 1.95. The van der Waals surface area contributed by atoms with Crippen molar-refractivity contribution in [3.63, 3.8) is 0 Å². The van der Waals surface area contributed by atoms with Crippen LogP contribution >= 0.6 is 0 Å². The Balaban J connectivity index is 2.59. The third kappa shape index (κ3) is 2.16. The molecule has 0 saturated heterocycles. The fraction of sp³-hybridized carbons (Fsp3) is 0.125. The van der Waals surface area contributed by atoms with E-state index < -0.39 is 0 Å². The maximum absolute atomic E-state index is 11.1. The molecule has 0 aromatic carbocycles. The summed E-state index contributed by atoms with van der Waals surface area (Å²) in [5, 5.41) is 2.29. The van der Waals surface area contributed by atoms with Crippen LogP contribution in [0.3, 0.4) is 0 Å². The van der Waals surface area contributed by atoms with Crippen molar-refractivity contribution in [3.05, 3.63) is 30.1 Å². The van der Waals surface area contributed by atoms with Crippen LogP contribution in [-0.4, -0.2) is 23.7 Å². The quantitative estimate of drug-likeness (QED) is 0.503. The first-order chi connectivity index (χ1) is 5.84. The molecule has 0 unspecified atom stereocenters. The van der Waals surface area contributed by atoms with E-state index in [0.29, 0.717) is 12.0 Å². The molecule has 1 rings (SSSR count). The molecule has 0 saturated carbocycles. The van der Waals surface area contributed by atoms with E-state index in [9.17, 15) is 9.59 Å². The van der Waals surface area contributed by atoms with Crippen LogP contribution in [0.25, 0.3) is 0 Å². The van der Waals surface area contributed by atoms with E-state index in [4.69, 9.17) is 0 Å². The van der Waals surface area contributed by atoms with E-state index in [1.165, 1.54) is 6.20 Å². The fourth-order valence-corrected chi connectivity index (χ4v) is 0.764. The predicted octanol–water partition coefficient (Wildman–Crippen LogP) is 0.0103. The first-order valence-corrected chi connectivity index (χ1v) is 3.45. The highest BCUT2D eigenvalue weighted by Gasteiger charge is 2.02. The lowest BCUT2D eigenvalue weighted by Crippen LogP contribution is -2.21. The van der Waals surface area contributed by atoms with E-state index in [0.717, 1.165) is 0 Å². The van der Waals surface area contributed by atoms with Crippen LogP contribution in [0.4, 0.5) is 0 Å². The van der Waals surface area contributed by atoms with Gasteiger partial charge < -0.3 is 5.32 Å². The lowest BCUT2D eigenvalue weighted by molar-refractivity contribution is -0.109. The summed E-state index contributed by atoms with van der Waals surface area (Å²) in [6.07, 6.45) is 3.55. The molecule has 62 valence electrons. The zero-order valence-electron chi connectivity index (χ0n) is 6.36. The van der Waals surface area contributed by atoms with Crippen molar-refractivity contribution in [2.75, 3.05) is 6.54 Å². The van der Waals surface area contributed by atoms with Gasteiger partial charge in [0.25, 0.3) is 0 Å². The Kier molecular flexibility index (Phi) is 2.95. The number of carbonyl (C=O) groups is 2. The first kappa shape index (κ1) is 8.39. The Morgan fingerprint density at radius 2 is 2.50 bits per heavy atom. The predicted molar refractivity (Wildman–Crippen MR) is 42.6 cm³/mol. The maximum atomic E-state index is 11.1. The van der Waals surface area contributed by atoms with Crippen LogP contribution in [-0.2, 0) is 4.79 Å². The standard InChI is InChI=1S/C8H8N2O2/c11-6-10-5-8(12)7-2-1-3-9-4-7/h1-4,6H,5H2,(H,10,11). The van der Waals surface area contributed by atoms with Gasteiger partial charge in [-0.05, 0) is 12.1 Å². The molecular weight excluding hydrogens is 156 g/mol. The van der Waals surface area contributed by atoms with Crippen molar-refractivity contribution in [2.24, 2.45) is 0 Å². The second-order valence-corrected chi connectivity index (χ2v) is 2.16. The van der Waals surface area contributed by atoms with Gasteiger partial charge in [-0.3, -0.25) is 14.6 Å². The Bertz CT molecular complexity index is 272. The molecule has 12 heavy (non-hydrogen) atoms. The number of aromatic nitrogens is 1. The van der Waals surface area contributed by atoms with Crippen molar-refractivity contribution < 1.29 is 9.59 Å². The van der Waals surface area contributed by atoms with Crippen LogP contribution in [0, 0.1) is 0 Å². The Morgan fingerprint density at radius 1 is 1.67 bits per heavy atom. The zero-order valence-corrected chi connectivity index (χ0v) is 6.36. The molecule has 1 aromatic rings. The second kappa shape index (κ2) is 4.23. The largest absolute Gasteiger partial charge is 0.351 e. The summed E-state index contributed by atoms with van der Waals surface area (Å²) in [6, 6.07) is 3.33. The number of hydrogen-bond donors (Lipinski definition) is 1. The third-order valence-corrected chi connectivity index (χ3v) is 1.33. The number of Topliss-reactive ketones (excluding diaryl/α,β-unsaturated/α-hetero) is 1. The van der Waals surface area contributed by atoms with Gasteiger partial charge in [0.2, 0.25) is 6.41 Å². The number of carbonyl (C=O) groups excluding carboxylic acids is 2. The van der Waals surface area contributed by atoms with Crippen LogP contribution < -0.4 is 5.32 Å². The number of amides is 1. The number of pyridine rings is 1. The first-order valence-electron chi connectivity index (χ1n) is 3.45. The van der Waals surface area contributed by atoms with Crippen LogP contribution in [0.15, 0.2) is 24.5 Å². The van der Waals surface area contributed by atoms with Crippen LogP contribution in [0.1, 0.15) is 10.4 Å². The van der Waals surface area contributed by atoms with E-state index >= 15 is 0 Å². The molecule has 0 bridgehead atoms. The molecule has 1 N–H and O–H groups in total. The van der Waals surface area contributed by atoms with Crippen molar-refractivity contribution in [2.45, 2.75) is 0 Å². The van der Waals surface area contributed by atoms with Gasteiger partial charge in [0.15, 0.2) is 5.78 Å². The van der Waals surface area contributed by atoms with Gasteiger partial charge in [-0.2, -0.15) is 0 Å². The third-order valence-electron chi connectivity index (χ3n) is 1.33. The Labute approximate surface area is 69.6 Å². The molecular formula is C8H8N2O2. The van der Waals surface area contributed by atoms with Gasteiger partial charge in [-0.1, -0.05) is 0 Å². The molecule has 1 heterocycles. The summed E-state index contributed by atoms with van der Waals surface area (Å²) < 4.78 is 0. The Hall–Kier alpha value is -1.71. The summed E-state index contributed by atoms with van der Waals surface area (Å²) >= 11 is 0. The van der Waals surface area contributed by atoms with E-state index in [2.05, 4.69) is 10.3 Å². The highest BCUT2D eigenvalue weighted by molar-refractivity contribution is 5.97. The SMILES string of the molecule is O=CNCC(=O)c1cccnc1. The smallest absolute Gasteiger partial charge is 0.207 e. The minimum atomic E-state index is -0.143. The molecule has 0 fully saturated rings. The molecule has 0 aliphatic heterocycles. The summed E-state index contributed by atoms with van der Waals surface area (Å²) in [7, 11) is 0. The molecule has 0 aliphatic carbocycles. The van der Waals surface area contributed by atoms with Gasteiger partial charge in [-0.15, -0.1) is 0 Å². The Morgan fingerprint density at radius 3 is 3.08 bits per heavy atom. The molecule has 4 nitrogen and oxygen atoms in total. The lowest BCUT2D eigenvalue weighted by atomic mass is 10.2. The van der Waals surface area contributed by atoms with Crippen molar-refractivity contribution in [1.29, 1.82) is 0 Å². The van der Waals surface area contributed by atoms with E-state index in [1.54, 1.807) is 18.3 Å². The summed E-state index contributed by atoms with van der Waals surface area (Å²) in [6.45, 7) is 0.0230. The number of hydrogen-bond acceptors (Lipinski definition) is 3. The summed E-state index contributed by atoms with van der Waals surface area (Å²) in [5.74, 6) is -0.143. The molecule has 4 heteroatoms. The molecule has 0 atom stereocenters. The second-order valence-electron chi connectivity index (χ2n) is 2.16. The van der Waals surface area contributed by atoms with Gasteiger partial charge in [-0.25, -0.2) is 0 Å². The molecule has 0 spiro atoms. The topological polar surface area (TPSA) is 59.1 Å². The summed E-state index contributed by atoms with van der Waals surface area (Å²) in [5.41, 5.74) is 0.506. The number of nitrogens with one attached hydrogen (secondary N) is 1. The monoisotopic (exact) mass is 164 g/mol. The number of rotatable bonds is 4. The lowest BCUT2D eigenvalue weighted by Gasteiger charge is -1.97. The number of nitrogens with zero attached hydrogens (tertiary/aromatic N) is 1. The normalized spacial score (nSPS) is 9.00. The summed E-state index contributed by atoms with van der Waals surface area (Å²) in [4.78, 5) is 24.8. The van der Waals surface area contributed by atoms with Crippen molar-refractivity contribution in [3.8, 4) is 0 Å². The van der Waals surface area contributed by atoms with E-state index in [1.807, 2.05) is 0 Å². The highest BCUT2D eigenvalue weighted by atomic mass is 16.1. The molecule has 1 aromatic heterocycles. The van der Waals surface area contributed by atoms with Gasteiger partial charge in [0.1, 0.15) is 0 Å². The zero-order chi connectivity index (χ0) is 8.81. The molecule has 0 radical (unpaired) electrons. The van der Waals surface area contributed by atoms with Crippen LogP contribution in [0.5, 0.6) is 0 Å². The van der Waals surface area contributed by atoms with E-state index in [-0.39, 0.29) is 12.3 Å². The van der Waals surface area contributed by atoms with Gasteiger partial charge in [0.05, 0.1) is 6.54 Å². The average molecular weight is 164 g/mol. The maximum Gasteiger partial charge on any atom is 0.207 e. The number of ketones is 1. The minimum Gasteiger partial charge on any atom is -0.351 e. The van der Waals surface area contributed by atoms with Crippen molar-refractivity contribution in [1.82, 2.24) is 10.3 Å². The van der Waals surface area contributed by atoms with Gasteiger partial charge in [0, 0.05) is 18.0 Å². The van der Waals surface area contributed by atoms with Crippen molar-refractivity contribution >= 4 is 12.2 Å². The molecule has 0 aliphatic rings. The molecule has 1 amide bonds. The minimum absolute atomic E-state index is 0.0230. The van der Waals surface area contributed by atoms with Crippen LogP contribution in [0.2, 0.25) is 0 Å². The van der Waals surface area contributed by atoms with Gasteiger partial charge >= 0.3 is 0 Å². The average Bonchev–Trinajstić information content (AvgIpc) is 2.15.